The summed E-state index contributed by atoms with van der Waals surface area (Å²) in [5.41, 5.74) is 2.53. The maximum atomic E-state index is 12.2. The standard InChI is InChI=1S/C23H27N5O3.ClH/c1-17(29)28-12-10-27(11-13-28)15-22-25-20-14-18(8-9-21(20)26(22)2)24-23(30)16-31-19-6-4-3-5-7-19;/h3-9,14H,10-13,15-16H2,1-2H3,(H,24,30);1H/p-1. The van der Waals surface area contributed by atoms with Crippen LogP contribution in [0.4, 0.5) is 5.69 Å². The van der Waals surface area contributed by atoms with Gasteiger partial charge in [0, 0.05) is 45.8 Å². The molecule has 0 unspecified atom stereocenters. The quantitative estimate of drug-likeness (QED) is 0.528. The molecule has 2 amide bonds. The second kappa shape index (κ2) is 10.5. The second-order valence-corrected chi connectivity index (χ2v) is 7.72. The first-order valence-corrected chi connectivity index (χ1v) is 10.4. The highest BCUT2D eigenvalue weighted by Gasteiger charge is 2.20. The van der Waals surface area contributed by atoms with Crippen molar-refractivity contribution in [2.24, 2.45) is 7.05 Å². The molecule has 1 aromatic heterocycles. The number of aryl methyl sites for hydroxylation is 1. The van der Waals surface area contributed by atoms with Crippen molar-refractivity contribution in [2.45, 2.75) is 13.5 Å². The van der Waals surface area contributed by atoms with Crippen molar-refractivity contribution in [3.8, 4) is 5.75 Å². The summed E-state index contributed by atoms with van der Waals surface area (Å²) in [6.45, 7) is 5.47. The maximum Gasteiger partial charge on any atom is 0.262 e. The third kappa shape index (κ3) is 5.57. The predicted octanol–water partition coefficient (Wildman–Crippen LogP) is -0.741. The van der Waals surface area contributed by atoms with E-state index in [-0.39, 0.29) is 30.8 Å². The summed E-state index contributed by atoms with van der Waals surface area (Å²) < 4.78 is 7.58. The van der Waals surface area contributed by atoms with Crippen LogP contribution in [0.2, 0.25) is 0 Å². The summed E-state index contributed by atoms with van der Waals surface area (Å²) in [6.07, 6.45) is 0. The minimum absolute atomic E-state index is 0. The van der Waals surface area contributed by atoms with E-state index in [0.717, 1.165) is 49.6 Å². The molecule has 9 heteroatoms. The molecular formula is C23H27ClN5O3-. The minimum Gasteiger partial charge on any atom is -1.00 e. The number of para-hydroxylation sites is 1. The first kappa shape index (κ1) is 23.6. The van der Waals surface area contributed by atoms with E-state index in [1.165, 1.54) is 0 Å². The first-order valence-electron chi connectivity index (χ1n) is 10.4. The minimum atomic E-state index is -0.220. The molecule has 0 saturated carbocycles. The molecule has 3 aromatic rings. The van der Waals surface area contributed by atoms with Crippen molar-refractivity contribution in [1.29, 1.82) is 0 Å². The van der Waals surface area contributed by atoms with E-state index in [1.54, 1.807) is 6.92 Å². The monoisotopic (exact) mass is 456 g/mol. The van der Waals surface area contributed by atoms with Crippen LogP contribution in [0.1, 0.15) is 12.7 Å². The van der Waals surface area contributed by atoms with Crippen LogP contribution >= 0.6 is 0 Å². The van der Waals surface area contributed by atoms with Crippen LogP contribution in [0.25, 0.3) is 11.0 Å². The fourth-order valence-electron chi connectivity index (χ4n) is 3.75. The van der Waals surface area contributed by atoms with Gasteiger partial charge in [-0.15, -0.1) is 0 Å². The summed E-state index contributed by atoms with van der Waals surface area (Å²) in [5.74, 6) is 1.53. The molecule has 1 aliphatic rings. The average Bonchev–Trinajstić information content (AvgIpc) is 3.08. The topological polar surface area (TPSA) is 79.7 Å². The van der Waals surface area contributed by atoms with Crippen LogP contribution in [0.3, 0.4) is 0 Å². The van der Waals surface area contributed by atoms with Crippen LogP contribution < -0.4 is 22.5 Å². The van der Waals surface area contributed by atoms with E-state index in [4.69, 9.17) is 9.72 Å². The molecule has 0 atom stereocenters. The number of ether oxygens (including phenoxy) is 1. The van der Waals surface area contributed by atoms with Crippen LogP contribution in [-0.4, -0.2) is 64.0 Å². The van der Waals surface area contributed by atoms with Gasteiger partial charge in [-0.05, 0) is 30.3 Å². The third-order valence-electron chi connectivity index (χ3n) is 5.55. The highest BCUT2D eigenvalue weighted by Crippen LogP contribution is 2.21. The molecule has 1 N–H and O–H groups in total. The van der Waals surface area contributed by atoms with Gasteiger partial charge in [0.1, 0.15) is 11.6 Å². The Bertz CT molecular complexity index is 1080. The van der Waals surface area contributed by atoms with Crippen LogP contribution in [-0.2, 0) is 23.2 Å². The summed E-state index contributed by atoms with van der Waals surface area (Å²) in [4.78, 5) is 32.7. The number of amides is 2. The summed E-state index contributed by atoms with van der Waals surface area (Å²) >= 11 is 0. The first-order chi connectivity index (χ1) is 15.0. The van der Waals surface area contributed by atoms with Gasteiger partial charge in [0.15, 0.2) is 6.61 Å². The number of benzene rings is 2. The molecule has 170 valence electrons. The SMILES string of the molecule is CC(=O)N1CCN(Cc2nc3cc(NC(=O)COc4ccccc4)ccc3n2C)CC1.[Cl-]. The molecule has 4 rings (SSSR count). The van der Waals surface area contributed by atoms with Gasteiger partial charge in [-0.25, -0.2) is 4.98 Å². The van der Waals surface area contributed by atoms with Crippen molar-refractivity contribution in [3.63, 3.8) is 0 Å². The molecule has 0 spiro atoms. The van der Waals surface area contributed by atoms with E-state index in [1.807, 2.05) is 60.5 Å². The number of imidazole rings is 1. The summed E-state index contributed by atoms with van der Waals surface area (Å²) in [7, 11) is 2.00. The lowest BCUT2D eigenvalue weighted by Crippen LogP contribution is -3.00. The zero-order chi connectivity index (χ0) is 21.8. The van der Waals surface area contributed by atoms with Gasteiger partial charge in [-0.1, -0.05) is 18.2 Å². The van der Waals surface area contributed by atoms with Gasteiger partial charge in [0.05, 0.1) is 17.6 Å². The molecule has 0 radical (unpaired) electrons. The van der Waals surface area contributed by atoms with Gasteiger partial charge in [-0.2, -0.15) is 0 Å². The van der Waals surface area contributed by atoms with Crippen molar-refractivity contribution >= 4 is 28.5 Å². The van der Waals surface area contributed by atoms with Crippen molar-refractivity contribution < 1.29 is 26.7 Å². The zero-order valence-corrected chi connectivity index (χ0v) is 19.0. The fourth-order valence-corrected chi connectivity index (χ4v) is 3.75. The van der Waals surface area contributed by atoms with Gasteiger partial charge < -0.3 is 31.9 Å². The zero-order valence-electron chi connectivity index (χ0n) is 18.3. The molecular weight excluding hydrogens is 430 g/mol. The number of nitrogens with zero attached hydrogens (tertiary/aromatic N) is 4. The lowest BCUT2D eigenvalue weighted by Gasteiger charge is -2.33. The van der Waals surface area contributed by atoms with Crippen LogP contribution in [0, 0.1) is 0 Å². The Morgan fingerprint density at radius 2 is 1.78 bits per heavy atom. The van der Waals surface area contributed by atoms with Crippen molar-refractivity contribution in [1.82, 2.24) is 19.4 Å². The van der Waals surface area contributed by atoms with E-state index < -0.39 is 0 Å². The fraction of sp³-hybridized carbons (Fsp3) is 0.348. The van der Waals surface area contributed by atoms with Crippen LogP contribution in [0.5, 0.6) is 5.75 Å². The number of hydrogen-bond donors (Lipinski definition) is 1. The lowest BCUT2D eigenvalue weighted by atomic mass is 10.2. The number of rotatable bonds is 6. The lowest BCUT2D eigenvalue weighted by molar-refractivity contribution is -0.130. The number of carbonyl (C=O) groups is 2. The number of hydrogen-bond acceptors (Lipinski definition) is 5. The molecule has 1 fully saturated rings. The summed E-state index contributed by atoms with van der Waals surface area (Å²) in [6, 6.07) is 15.0. The molecule has 2 aromatic carbocycles. The molecule has 0 aliphatic carbocycles. The highest BCUT2D eigenvalue weighted by molar-refractivity contribution is 5.94. The third-order valence-corrected chi connectivity index (χ3v) is 5.55. The van der Waals surface area contributed by atoms with Crippen LogP contribution in [0.15, 0.2) is 48.5 Å². The smallest absolute Gasteiger partial charge is 0.262 e. The molecule has 1 aliphatic heterocycles. The average molecular weight is 457 g/mol. The number of nitrogens with one attached hydrogen (secondary N) is 1. The van der Waals surface area contributed by atoms with E-state index in [2.05, 4.69) is 14.8 Å². The molecule has 2 heterocycles. The Hall–Kier alpha value is -3.10. The van der Waals surface area contributed by atoms with Crippen molar-refractivity contribution in [2.75, 3.05) is 38.1 Å². The van der Waals surface area contributed by atoms with Gasteiger partial charge >= 0.3 is 0 Å². The number of piperazine rings is 1. The Kier molecular flexibility index (Phi) is 7.71. The van der Waals surface area contributed by atoms with E-state index in [9.17, 15) is 9.59 Å². The molecule has 8 nitrogen and oxygen atoms in total. The Balaban J connectivity index is 0.00000289. The number of carbonyl (C=O) groups excluding carboxylic acids is 2. The molecule has 0 bridgehead atoms. The van der Waals surface area contributed by atoms with Gasteiger partial charge in [0.25, 0.3) is 5.91 Å². The normalized spacial score (nSPS) is 14.1. The largest absolute Gasteiger partial charge is 1.00 e. The Morgan fingerprint density at radius 1 is 1.06 bits per heavy atom. The second-order valence-electron chi connectivity index (χ2n) is 7.72. The van der Waals surface area contributed by atoms with E-state index in [0.29, 0.717) is 11.4 Å². The number of anilines is 1. The van der Waals surface area contributed by atoms with E-state index >= 15 is 0 Å². The highest BCUT2D eigenvalue weighted by atomic mass is 35.5. The van der Waals surface area contributed by atoms with Gasteiger partial charge in [-0.3, -0.25) is 14.5 Å². The molecule has 32 heavy (non-hydrogen) atoms. The van der Waals surface area contributed by atoms with Crippen molar-refractivity contribution in [3.05, 3.63) is 54.4 Å². The summed E-state index contributed by atoms with van der Waals surface area (Å²) in [5, 5.41) is 2.87. The number of aromatic nitrogens is 2. The Morgan fingerprint density at radius 3 is 2.47 bits per heavy atom. The molecule has 1 saturated heterocycles. The maximum absolute atomic E-state index is 12.2. The predicted molar refractivity (Wildman–Crippen MR) is 119 cm³/mol. The number of fused-ring (bicyclic) bond motifs is 1. The number of halogens is 1. The van der Waals surface area contributed by atoms with Gasteiger partial charge in [0.2, 0.25) is 5.91 Å². The Labute approximate surface area is 193 Å².